The molecule has 0 unspecified atom stereocenters. The molecule has 0 N–H and O–H groups in total. The average molecular weight is 345 g/mol. The molecule has 0 saturated heterocycles. The van der Waals surface area contributed by atoms with E-state index in [4.69, 9.17) is 4.74 Å². The maximum atomic E-state index is 11.6. The number of nitro groups is 1. The van der Waals surface area contributed by atoms with Crippen LogP contribution < -0.4 is 4.74 Å². The van der Waals surface area contributed by atoms with Crippen LogP contribution in [0.5, 0.6) is 5.75 Å². The van der Waals surface area contributed by atoms with Gasteiger partial charge in [-0.3, -0.25) is 10.1 Å². The Kier molecular flexibility index (Phi) is 5.67. The molecule has 0 aromatic heterocycles. The molecule has 0 fully saturated rings. The first kappa shape index (κ1) is 17.9. The molecular weight excluding hydrogens is 330 g/mol. The normalized spacial score (nSPS) is 10.0. The van der Waals surface area contributed by atoms with Crippen LogP contribution in [0.2, 0.25) is 0 Å². The molecule has 0 heterocycles. The van der Waals surface area contributed by atoms with E-state index in [9.17, 15) is 19.7 Å². The van der Waals surface area contributed by atoms with Crippen LogP contribution in [-0.4, -0.2) is 31.1 Å². The van der Waals surface area contributed by atoms with Gasteiger partial charge >= 0.3 is 17.6 Å². The number of carbonyl (C=O) groups is 2. The summed E-state index contributed by atoms with van der Waals surface area (Å²) in [5, 5.41) is 11.1. The van der Waals surface area contributed by atoms with Crippen LogP contribution >= 0.6 is 0 Å². The minimum atomic E-state index is -0.632. The summed E-state index contributed by atoms with van der Waals surface area (Å²) in [5.41, 5.74) is 0.797. The third-order valence-corrected chi connectivity index (χ3v) is 3.32. The van der Waals surface area contributed by atoms with Gasteiger partial charge in [0, 0.05) is 12.1 Å². The van der Waals surface area contributed by atoms with Crippen LogP contribution in [0.1, 0.15) is 26.3 Å². The summed E-state index contributed by atoms with van der Waals surface area (Å²) >= 11 is 0. The van der Waals surface area contributed by atoms with Crippen molar-refractivity contribution in [1.82, 2.24) is 0 Å². The highest BCUT2D eigenvalue weighted by Gasteiger charge is 2.19. The zero-order chi connectivity index (χ0) is 18.4. The zero-order valence-electron chi connectivity index (χ0n) is 13.6. The van der Waals surface area contributed by atoms with Gasteiger partial charge in [0.2, 0.25) is 0 Å². The number of rotatable bonds is 6. The fourth-order valence-electron chi connectivity index (χ4n) is 2.09. The molecular formula is C17H15NO7. The molecule has 130 valence electrons. The maximum absolute atomic E-state index is 11.6. The van der Waals surface area contributed by atoms with Crippen LogP contribution in [0.25, 0.3) is 0 Å². The fourth-order valence-corrected chi connectivity index (χ4v) is 2.09. The molecule has 0 bridgehead atoms. The number of benzene rings is 2. The molecule has 0 radical (unpaired) electrons. The van der Waals surface area contributed by atoms with Gasteiger partial charge in [0.15, 0.2) is 5.75 Å². The largest absolute Gasteiger partial charge is 0.482 e. The van der Waals surface area contributed by atoms with Gasteiger partial charge in [-0.25, -0.2) is 9.59 Å². The fraction of sp³-hybridized carbons (Fsp3) is 0.176. The van der Waals surface area contributed by atoms with E-state index in [-0.39, 0.29) is 23.6 Å². The number of methoxy groups -OCH3 is 2. The lowest BCUT2D eigenvalue weighted by atomic mass is 10.1. The highest BCUT2D eigenvalue weighted by atomic mass is 16.6. The van der Waals surface area contributed by atoms with Crippen molar-refractivity contribution in [2.45, 2.75) is 6.61 Å². The van der Waals surface area contributed by atoms with Gasteiger partial charge in [0.1, 0.15) is 6.61 Å². The second-order valence-corrected chi connectivity index (χ2v) is 4.91. The molecule has 0 aliphatic rings. The number of esters is 2. The average Bonchev–Trinajstić information content (AvgIpc) is 2.64. The Bertz CT molecular complexity index is 816. The molecule has 0 saturated carbocycles. The van der Waals surface area contributed by atoms with Crippen molar-refractivity contribution in [1.29, 1.82) is 0 Å². The van der Waals surface area contributed by atoms with Crippen molar-refractivity contribution >= 4 is 17.6 Å². The quantitative estimate of drug-likeness (QED) is 0.450. The van der Waals surface area contributed by atoms with Crippen molar-refractivity contribution in [2.24, 2.45) is 0 Å². The molecule has 0 aliphatic heterocycles. The number of hydrogen-bond acceptors (Lipinski definition) is 7. The summed E-state index contributed by atoms with van der Waals surface area (Å²) in [6.07, 6.45) is 0. The Balaban J connectivity index is 2.25. The van der Waals surface area contributed by atoms with Gasteiger partial charge in [0.25, 0.3) is 0 Å². The van der Waals surface area contributed by atoms with Crippen LogP contribution in [0.15, 0.2) is 42.5 Å². The lowest BCUT2D eigenvalue weighted by Crippen LogP contribution is -2.05. The highest BCUT2D eigenvalue weighted by Crippen LogP contribution is 2.29. The van der Waals surface area contributed by atoms with Gasteiger partial charge in [-0.15, -0.1) is 0 Å². The van der Waals surface area contributed by atoms with Crippen molar-refractivity contribution in [3.63, 3.8) is 0 Å². The Morgan fingerprint density at radius 2 is 1.64 bits per heavy atom. The van der Waals surface area contributed by atoms with E-state index in [0.29, 0.717) is 11.1 Å². The van der Waals surface area contributed by atoms with Gasteiger partial charge in [-0.2, -0.15) is 0 Å². The van der Waals surface area contributed by atoms with E-state index in [2.05, 4.69) is 9.47 Å². The van der Waals surface area contributed by atoms with Crippen molar-refractivity contribution < 1.29 is 28.7 Å². The molecule has 8 heteroatoms. The second-order valence-electron chi connectivity index (χ2n) is 4.91. The van der Waals surface area contributed by atoms with E-state index < -0.39 is 16.9 Å². The van der Waals surface area contributed by atoms with E-state index >= 15 is 0 Å². The molecule has 0 amide bonds. The molecule has 2 aromatic carbocycles. The van der Waals surface area contributed by atoms with Gasteiger partial charge in [-0.05, 0) is 23.8 Å². The lowest BCUT2D eigenvalue weighted by molar-refractivity contribution is -0.385. The first-order chi connectivity index (χ1) is 12.0. The molecule has 0 aliphatic carbocycles. The SMILES string of the molecule is COC(=O)c1cccc(COc2cc(C(=O)OC)ccc2[N+](=O)[O-])c1. The number of ether oxygens (including phenoxy) is 3. The topological polar surface area (TPSA) is 105 Å². The van der Waals surface area contributed by atoms with Crippen molar-refractivity contribution in [3.05, 3.63) is 69.3 Å². The van der Waals surface area contributed by atoms with Crippen LogP contribution in [0.4, 0.5) is 5.69 Å². The van der Waals surface area contributed by atoms with E-state index in [1.54, 1.807) is 24.3 Å². The standard InChI is InChI=1S/C17H15NO7/c1-23-16(19)12-5-3-4-11(8-12)10-25-15-9-13(17(20)24-2)6-7-14(15)18(21)22/h3-9H,10H2,1-2H3. The molecule has 0 spiro atoms. The van der Waals surface area contributed by atoms with Gasteiger partial charge in [0.05, 0.1) is 30.3 Å². The Morgan fingerprint density at radius 1 is 1.00 bits per heavy atom. The first-order valence-corrected chi connectivity index (χ1v) is 7.13. The summed E-state index contributed by atoms with van der Waals surface area (Å²) in [6, 6.07) is 10.2. The molecule has 2 aromatic rings. The molecule has 0 atom stereocenters. The van der Waals surface area contributed by atoms with E-state index in [0.717, 1.165) is 0 Å². The number of nitrogens with zero attached hydrogens (tertiary/aromatic N) is 1. The van der Waals surface area contributed by atoms with E-state index in [1.807, 2.05) is 0 Å². The number of nitro benzene ring substituents is 1. The van der Waals surface area contributed by atoms with Crippen molar-refractivity contribution in [3.8, 4) is 5.75 Å². The molecule has 25 heavy (non-hydrogen) atoms. The third-order valence-electron chi connectivity index (χ3n) is 3.32. The van der Waals surface area contributed by atoms with Crippen LogP contribution in [0, 0.1) is 10.1 Å². The van der Waals surface area contributed by atoms with Gasteiger partial charge in [-0.1, -0.05) is 12.1 Å². The Morgan fingerprint density at radius 3 is 2.24 bits per heavy atom. The number of hydrogen-bond donors (Lipinski definition) is 0. The number of carbonyl (C=O) groups excluding carboxylic acids is 2. The van der Waals surface area contributed by atoms with Crippen molar-refractivity contribution in [2.75, 3.05) is 14.2 Å². The second kappa shape index (κ2) is 7.91. The third kappa shape index (κ3) is 4.31. The zero-order valence-corrected chi connectivity index (χ0v) is 13.6. The Hall–Kier alpha value is -3.42. The monoisotopic (exact) mass is 345 g/mol. The predicted molar refractivity (Wildman–Crippen MR) is 86.5 cm³/mol. The summed E-state index contributed by atoms with van der Waals surface area (Å²) in [4.78, 5) is 33.6. The summed E-state index contributed by atoms with van der Waals surface area (Å²) in [6.45, 7) is -0.0314. The summed E-state index contributed by atoms with van der Waals surface area (Å²) < 4.78 is 14.7. The summed E-state index contributed by atoms with van der Waals surface area (Å²) in [5.74, 6) is -1.20. The van der Waals surface area contributed by atoms with Gasteiger partial charge < -0.3 is 14.2 Å². The lowest BCUT2D eigenvalue weighted by Gasteiger charge is -2.09. The first-order valence-electron chi connectivity index (χ1n) is 7.13. The minimum absolute atomic E-state index is 0.0314. The molecule has 2 rings (SSSR count). The minimum Gasteiger partial charge on any atom is -0.482 e. The maximum Gasteiger partial charge on any atom is 0.337 e. The van der Waals surface area contributed by atoms with E-state index in [1.165, 1.54) is 32.4 Å². The smallest absolute Gasteiger partial charge is 0.337 e. The highest BCUT2D eigenvalue weighted by molar-refractivity contribution is 5.90. The van der Waals surface area contributed by atoms with Crippen LogP contribution in [-0.2, 0) is 16.1 Å². The molecule has 8 nitrogen and oxygen atoms in total. The summed E-state index contributed by atoms with van der Waals surface area (Å²) in [7, 11) is 2.48. The van der Waals surface area contributed by atoms with Crippen LogP contribution in [0.3, 0.4) is 0 Å². The Labute approximate surface area is 143 Å². The predicted octanol–water partition coefficient (Wildman–Crippen LogP) is 2.75.